The first-order valence-electron chi connectivity index (χ1n) is 15.1. The van der Waals surface area contributed by atoms with Crippen molar-refractivity contribution in [2.24, 2.45) is 0 Å². The van der Waals surface area contributed by atoms with Crippen molar-refractivity contribution in [1.82, 2.24) is 19.9 Å². The fraction of sp³-hybridized carbons (Fsp3) is 0. The van der Waals surface area contributed by atoms with Crippen LogP contribution in [0.25, 0.3) is 89.8 Å². The largest absolute Gasteiger partial charge is 0.456 e. The van der Waals surface area contributed by atoms with Crippen LogP contribution in [0.3, 0.4) is 0 Å². The van der Waals surface area contributed by atoms with Gasteiger partial charge in [-0.2, -0.15) is 0 Å². The molecule has 0 aliphatic carbocycles. The Hall–Kier alpha value is -6.40. The first-order chi connectivity index (χ1) is 22.8. The molecule has 0 N–H and O–H groups in total. The predicted octanol–water partition coefficient (Wildman–Crippen LogP) is 10.7. The highest BCUT2D eigenvalue weighted by atomic mass is 16.3. The van der Waals surface area contributed by atoms with Gasteiger partial charge in [0, 0.05) is 33.0 Å². The van der Waals surface area contributed by atoms with Crippen molar-refractivity contribution in [3.8, 4) is 56.7 Å². The maximum atomic E-state index is 6.36. The lowest BCUT2D eigenvalue weighted by Gasteiger charge is -2.09. The lowest BCUT2D eigenvalue weighted by Crippen LogP contribution is -2.00. The van der Waals surface area contributed by atoms with Crippen molar-refractivity contribution in [1.29, 1.82) is 0 Å². The van der Waals surface area contributed by atoms with E-state index in [0.717, 1.165) is 66.4 Å². The molecular weight excluding hydrogens is 580 g/mol. The molecule has 6 nitrogen and oxygen atoms in total. The van der Waals surface area contributed by atoms with Gasteiger partial charge in [-0.3, -0.25) is 0 Å². The molecular formula is C41H27N4O2-. The molecule has 0 atom stereocenters. The molecule has 9 rings (SSSR count). The third kappa shape index (κ3) is 5.02. The van der Waals surface area contributed by atoms with Crippen molar-refractivity contribution < 1.29 is 8.83 Å². The second kappa shape index (κ2) is 11.5. The number of oxazole rings is 1. The SMILES string of the molecule is [CH3-].c1ccc(-c2nc(-c3ccccc3)nc(-c3cccc4oc5ccc(-c6ccc7nc(-c8ccccc8)oc7c6)cc5c34)n2)cc1. The number of nitrogens with zero attached hydrogens (tertiary/aromatic N) is 4. The predicted molar refractivity (Wildman–Crippen MR) is 188 cm³/mol. The van der Waals surface area contributed by atoms with Crippen LogP contribution < -0.4 is 0 Å². The lowest BCUT2D eigenvalue weighted by atomic mass is 10.0. The maximum absolute atomic E-state index is 6.36. The van der Waals surface area contributed by atoms with Crippen LogP contribution >= 0.6 is 0 Å². The minimum Gasteiger partial charge on any atom is -0.456 e. The molecule has 3 heterocycles. The van der Waals surface area contributed by atoms with Gasteiger partial charge in [0.05, 0.1) is 0 Å². The molecule has 47 heavy (non-hydrogen) atoms. The zero-order chi connectivity index (χ0) is 30.5. The van der Waals surface area contributed by atoms with Crippen LogP contribution in [0.5, 0.6) is 0 Å². The molecule has 0 saturated carbocycles. The van der Waals surface area contributed by atoms with Gasteiger partial charge in [0.1, 0.15) is 16.7 Å². The molecule has 0 aliphatic heterocycles. The fourth-order valence-corrected chi connectivity index (χ4v) is 5.93. The molecule has 6 aromatic carbocycles. The fourth-order valence-electron chi connectivity index (χ4n) is 5.93. The van der Waals surface area contributed by atoms with Gasteiger partial charge in [0.15, 0.2) is 23.1 Å². The van der Waals surface area contributed by atoms with Gasteiger partial charge in [-0.1, -0.05) is 103 Å². The van der Waals surface area contributed by atoms with Gasteiger partial charge >= 0.3 is 0 Å². The summed E-state index contributed by atoms with van der Waals surface area (Å²) < 4.78 is 12.5. The first-order valence-corrected chi connectivity index (χ1v) is 15.1. The van der Waals surface area contributed by atoms with Crippen molar-refractivity contribution in [3.63, 3.8) is 0 Å². The van der Waals surface area contributed by atoms with E-state index in [4.69, 9.17) is 28.8 Å². The van der Waals surface area contributed by atoms with Gasteiger partial charge in [-0.15, -0.1) is 0 Å². The van der Waals surface area contributed by atoms with E-state index in [1.807, 2.05) is 121 Å². The Morgan fingerprint density at radius 3 is 1.66 bits per heavy atom. The number of fused-ring (bicyclic) bond motifs is 4. The second-order valence-electron chi connectivity index (χ2n) is 11.1. The Bertz CT molecular complexity index is 2460. The lowest BCUT2D eigenvalue weighted by molar-refractivity contribution is 0.620. The average Bonchev–Trinajstić information content (AvgIpc) is 3.74. The van der Waals surface area contributed by atoms with Gasteiger partial charge in [-0.05, 0) is 53.6 Å². The van der Waals surface area contributed by atoms with E-state index in [0.29, 0.717) is 23.4 Å². The Morgan fingerprint density at radius 1 is 0.383 bits per heavy atom. The summed E-state index contributed by atoms with van der Waals surface area (Å²) in [6.45, 7) is 0. The van der Waals surface area contributed by atoms with E-state index >= 15 is 0 Å². The third-order valence-electron chi connectivity index (χ3n) is 8.18. The quantitative estimate of drug-likeness (QED) is 0.181. The Labute approximate surface area is 271 Å². The molecule has 0 bridgehead atoms. The standard InChI is InChI=1S/C40H24N4O2.CH3/c1-4-11-25(12-5-1)37-42-38(26-13-6-2-7-14-26)44-39(43-37)30-17-10-18-34-36(30)31-23-28(20-22-33(31)45-34)29-19-21-32-35(24-29)46-40(41-32)27-15-8-3-9-16-27;/h1-24H;1H3/q;-1. The van der Waals surface area contributed by atoms with Crippen molar-refractivity contribution in [2.45, 2.75) is 0 Å². The summed E-state index contributed by atoms with van der Waals surface area (Å²) in [6, 6.07) is 48.4. The normalized spacial score (nSPS) is 11.2. The monoisotopic (exact) mass is 607 g/mol. The summed E-state index contributed by atoms with van der Waals surface area (Å²) in [5.41, 5.74) is 8.85. The van der Waals surface area contributed by atoms with Crippen molar-refractivity contribution in [2.75, 3.05) is 0 Å². The molecule has 9 aromatic rings. The van der Waals surface area contributed by atoms with Gasteiger partial charge in [0.25, 0.3) is 0 Å². The molecule has 224 valence electrons. The molecule has 0 aliphatic rings. The van der Waals surface area contributed by atoms with Crippen LogP contribution in [-0.2, 0) is 0 Å². The van der Waals surface area contributed by atoms with Gasteiger partial charge in [-0.25, -0.2) is 19.9 Å². The minimum absolute atomic E-state index is 0. The molecule has 0 amide bonds. The topological polar surface area (TPSA) is 77.8 Å². The van der Waals surface area contributed by atoms with E-state index in [1.54, 1.807) is 0 Å². The highest BCUT2D eigenvalue weighted by Gasteiger charge is 2.18. The minimum atomic E-state index is 0. The Kier molecular flexibility index (Phi) is 6.88. The number of hydrogen-bond donors (Lipinski definition) is 0. The summed E-state index contributed by atoms with van der Waals surface area (Å²) in [4.78, 5) is 19.6. The molecule has 6 heteroatoms. The summed E-state index contributed by atoms with van der Waals surface area (Å²) in [6.07, 6.45) is 0. The van der Waals surface area contributed by atoms with Crippen LogP contribution in [0.15, 0.2) is 154 Å². The van der Waals surface area contributed by atoms with E-state index in [-0.39, 0.29) is 7.43 Å². The summed E-state index contributed by atoms with van der Waals surface area (Å²) in [7, 11) is 0. The molecule has 0 spiro atoms. The zero-order valence-electron chi connectivity index (χ0n) is 25.5. The van der Waals surface area contributed by atoms with Gasteiger partial charge in [0.2, 0.25) is 5.89 Å². The summed E-state index contributed by atoms with van der Waals surface area (Å²) in [5.74, 6) is 2.43. The van der Waals surface area contributed by atoms with Gasteiger partial charge < -0.3 is 16.3 Å². The summed E-state index contributed by atoms with van der Waals surface area (Å²) >= 11 is 0. The number of hydrogen-bond acceptors (Lipinski definition) is 6. The summed E-state index contributed by atoms with van der Waals surface area (Å²) in [5, 5.41) is 1.93. The van der Waals surface area contributed by atoms with E-state index < -0.39 is 0 Å². The van der Waals surface area contributed by atoms with Crippen molar-refractivity contribution in [3.05, 3.63) is 153 Å². The molecule has 0 radical (unpaired) electrons. The average molecular weight is 608 g/mol. The smallest absolute Gasteiger partial charge is 0.227 e. The van der Waals surface area contributed by atoms with E-state index in [1.165, 1.54) is 0 Å². The highest BCUT2D eigenvalue weighted by Crippen LogP contribution is 2.39. The second-order valence-corrected chi connectivity index (χ2v) is 11.1. The molecule has 3 aromatic heterocycles. The number of aromatic nitrogens is 4. The Balaban J connectivity index is 0.00000324. The number of benzene rings is 6. The first kappa shape index (κ1) is 28.1. The van der Waals surface area contributed by atoms with Crippen LogP contribution in [-0.4, -0.2) is 19.9 Å². The number of furan rings is 1. The zero-order valence-corrected chi connectivity index (χ0v) is 25.5. The van der Waals surface area contributed by atoms with Crippen LogP contribution in [0.2, 0.25) is 0 Å². The third-order valence-corrected chi connectivity index (χ3v) is 8.18. The molecule has 0 saturated heterocycles. The Morgan fingerprint density at radius 2 is 0.979 bits per heavy atom. The van der Waals surface area contributed by atoms with Crippen LogP contribution in [0.4, 0.5) is 0 Å². The van der Waals surface area contributed by atoms with Crippen LogP contribution in [0.1, 0.15) is 0 Å². The number of rotatable bonds is 5. The highest BCUT2D eigenvalue weighted by molar-refractivity contribution is 6.12. The van der Waals surface area contributed by atoms with Crippen LogP contribution in [0, 0.1) is 7.43 Å². The van der Waals surface area contributed by atoms with Crippen molar-refractivity contribution >= 4 is 33.0 Å². The maximum Gasteiger partial charge on any atom is 0.227 e. The molecule has 0 fully saturated rings. The van der Waals surface area contributed by atoms with E-state index in [2.05, 4.69) is 24.3 Å². The van der Waals surface area contributed by atoms with E-state index in [9.17, 15) is 0 Å². The molecule has 0 unspecified atom stereocenters.